The fourth-order valence-corrected chi connectivity index (χ4v) is 4.20. The van der Waals surface area contributed by atoms with Gasteiger partial charge in [0.2, 0.25) is 0 Å². The summed E-state index contributed by atoms with van der Waals surface area (Å²) in [5, 5.41) is 15.0. The van der Waals surface area contributed by atoms with Crippen LogP contribution in [-0.2, 0) is 19.7 Å². The summed E-state index contributed by atoms with van der Waals surface area (Å²) in [6.07, 6.45) is 0. The van der Waals surface area contributed by atoms with E-state index in [4.69, 9.17) is 11.6 Å². The van der Waals surface area contributed by atoms with Crippen LogP contribution in [0.5, 0.6) is 0 Å². The van der Waals surface area contributed by atoms with E-state index in [-0.39, 0.29) is 16.4 Å². The molecule has 0 aliphatic carbocycles. The Kier molecular flexibility index (Phi) is 5.19. The number of rotatable bonds is 5. The van der Waals surface area contributed by atoms with Crippen molar-refractivity contribution in [2.24, 2.45) is 5.28 Å². The number of fused-ring (bicyclic) bond motifs is 1. The van der Waals surface area contributed by atoms with Gasteiger partial charge in [-0.1, -0.05) is 23.7 Å². The molecule has 1 aliphatic rings. The van der Waals surface area contributed by atoms with E-state index < -0.39 is 22.5 Å². The zero-order valence-electron chi connectivity index (χ0n) is 14.1. The number of carbonyl (C=O) groups is 1. The van der Waals surface area contributed by atoms with Crippen LogP contribution in [0.2, 0.25) is 5.02 Å². The number of hydrogen-bond acceptors (Lipinski definition) is 6. The van der Waals surface area contributed by atoms with Gasteiger partial charge in [0.05, 0.1) is 16.3 Å². The van der Waals surface area contributed by atoms with Gasteiger partial charge in [-0.05, 0) is 41.3 Å². The van der Waals surface area contributed by atoms with E-state index in [0.717, 1.165) is 4.31 Å². The van der Waals surface area contributed by atoms with E-state index in [1.54, 1.807) is 24.3 Å². The molecule has 0 radical (unpaired) electrons. The molecule has 1 aliphatic heterocycles. The van der Waals surface area contributed by atoms with Gasteiger partial charge in [-0.3, -0.25) is 9.69 Å². The highest BCUT2D eigenvalue weighted by atomic mass is 35.5. The van der Waals surface area contributed by atoms with Crippen LogP contribution < -0.4 is 9.21 Å². The van der Waals surface area contributed by atoms with Crippen molar-refractivity contribution in [2.75, 3.05) is 29.5 Å². The zero-order chi connectivity index (χ0) is 19.6. The summed E-state index contributed by atoms with van der Waals surface area (Å²) >= 11 is 5.83. The van der Waals surface area contributed by atoms with Crippen LogP contribution in [0.3, 0.4) is 0 Å². The molecule has 0 spiro atoms. The number of anilines is 2. The Bertz CT molecular complexity index is 994. The Morgan fingerprint density at radius 3 is 2.48 bits per heavy atom. The topological polar surface area (TPSA) is 105 Å². The fourth-order valence-electron chi connectivity index (χ4n) is 2.66. The Morgan fingerprint density at radius 2 is 1.85 bits per heavy atom. The summed E-state index contributed by atoms with van der Waals surface area (Å²) in [6, 6.07) is 12.3. The van der Waals surface area contributed by atoms with Crippen LogP contribution in [0.4, 0.5) is 11.4 Å². The van der Waals surface area contributed by atoms with E-state index in [1.165, 1.54) is 36.3 Å². The summed E-state index contributed by atoms with van der Waals surface area (Å²) in [7, 11) is -2.75. The molecule has 9 nitrogen and oxygen atoms in total. The molecular weight excluding hydrogens is 396 g/mol. The molecule has 11 heteroatoms. The van der Waals surface area contributed by atoms with Crippen LogP contribution in [0.25, 0.3) is 0 Å². The van der Waals surface area contributed by atoms with Crippen LogP contribution in [0.15, 0.2) is 58.7 Å². The number of para-hydroxylation sites is 2. The average molecular weight is 411 g/mol. The van der Waals surface area contributed by atoms with Crippen molar-refractivity contribution in [3.63, 3.8) is 0 Å². The number of amides is 1. The Morgan fingerprint density at radius 1 is 1.22 bits per heavy atom. The largest absolute Gasteiger partial charge is 0.597 e. The van der Waals surface area contributed by atoms with Crippen molar-refractivity contribution in [3.05, 3.63) is 58.8 Å². The van der Waals surface area contributed by atoms with Crippen molar-refractivity contribution in [3.8, 4) is 0 Å². The monoisotopic (exact) mass is 410 g/mol. The number of sulfonamides is 1. The molecule has 142 valence electrons. The molecule has 2 aromatic rings. The van der Waals surface area contributed by atoms with Gasteiger partial charge in [-0.15, -0.1) is 0 Å². The number of nitrogens with zero attached hydrogens (tertiary/aromatic N) is 4. The molecule has 0 bridgehead atoms. The lowest BCUT2D eigenvalue weighted by Crippen LogP contribution is -2.41. The van der Waals surface area contributed by atoms with Gasteiger partial charge in [0.1, 0.15) is 13.8 Å². The van der Waals surface area contributed by atoms with Crippen LogP contribution >= 0.6 is 11.6 Å². The molecule has 2 aromatic carbocycles. The highest BCUT2D eigenvalue weighted by Gasteiger charge is 2.38. The third-order valence-electron chi connectivity index (χ3n) is 3.86. The maximum atomic E-state index is 13.0. The van der Waals surface area contributed by atoms with Crippen LogP contribution in [-0.4, -0.2) is 39.5 Å². The minimum absolute atomic E-state index is 0.0378. The first-order valence-electron chi connectivity index (χ1n) is 7.71. The van der Waals surface area contributed by atoms with Gasteiger partial charge in [0.15, 0.2) is 5.28 Å². The number of hydrogen-bond donors (Lipinski definition) is 0. The predicted octanol–water partition coefficient (Wildman–Crippen LogP) is 2.36. The third kappa shape index (κ3) is 3.67. The zero-order valence-corrected chi connectivity index (χ0v) is 15.7. The molecule has 0 N–H and O–H groups in total. The Labute approximate surface area is 160 Å². The minimum atomic E-state index is -3.93. The SMILES string of the molecule is CO/N=[N+](\[O-])CC(=O)N1CN(S(=O)(=O)c2ccc(Cl)cc2)c2ccccc21. The van der Waals surface area contributed by atoms with Crippen molar-refractivity contribution >= 4 is 38.9 Å². The molecule has 0 atom stereocenters. The second kappa shape index (κ2) is 7.41. The molecule has 27 heavy (non-hydrogen) atoms. The van der Waals surface area contributed by atoms with Gasteiger partial charge < -0.3 is 10.0 Å². The standard InChI is InChI=1S/C16H15ClN4O5S/c1-26-18-21(23)10-16(22)19-11-20(15-5-3-2-4-14(15)19)27(24,25)13-8-6-12(17)7-9-13/h2-9H,10-11H2,1H3/b21-18-. The fraction of sp³-hybridized carbons (Fsp3) is 0.188. The van der Waals surface area contributed by atoms with Gasteiger partial charge in [-0.25, -0.2) is 12.7 Å². The second-order valence-corrected chi connectivity index (χ2v) is 7.83. The van der Waals surface area contributed by atoms with Gasteiger partial charge in [-0.2, -0.15) is 0 Å². The van der Waals surface area contributed by atoms with Crippen molar-refractivity contribution in [1.29, 1.82) is 0 Å². The third-order valence-corrected chi connectivity index (χ3v) is 5.87. The number of hydroxylamine groups is 1. The van der Waals surface area contributed by atoms with Gasteiger partial charge >= 0.3 is 0 Å². The second-order valence-electron chi connectivity index (χ2n) is 5.53. The Hall–Kier alpha value is -2.85. The van der Waals surface area contributed by atoms with Crippen molar-refractivity contribution < 1.29 is 22.9 Å². The van der Waals surface area contributed by atoms with E-state index in [2.05, 4.69) is 10.1 Å². The lowest BCUT2D eigenvalue weighted by Gasteiger charge is -2.20. The molecule has 1 heterocycles. The average Bonchev–Trinajstić information content (AvgIpc) is 3.03. The smallest absolute Gasteiger partial charge is 0.298 e. The first kappa shape index (κ1) is 18.9. The highest BCUT2D eigenvalue weighted by Crippen LogP contribution is 2.39. The van der Waals surface area contributed by atoms with E-state index in [1.807, 2.05) is 0 Å². The lowest BCUT2D eigenvalue weighted by atomic mass is 10.2. The van der Waals surface area contributed by atoms with E-state index in [9.17, 15) is 18.4 Å². The summed E-state index contributed by atoms with van der Waals surface area (Å²) in [5.74, 6) is -0.618. The lowest BCUT2D eigenvalue weighted by molar-refractivity contribution is -0.546. The molecule has 3 rings (SSSR count). The predicted molar refractivity (Wildman–Crippen MR) is 97.8 cm³/mol. The highest BCUT2D eigenvalue weighted by molar-refractivity contribution is 7.92. The maximum absolute atomic E-state index is 13.0. The molecule has 1 amide bonds. The number of halogens is 1. The van der Waals surface area contributed by atoms with Gasteiger partial charge in [0.25, 0.3) is 22.5 Å². The first-order valence-corrected chi connectivity index (χ1v) is 9.53. The quantitative estimate of drug-likeness (QED) is 0.427. The summed E-state index contributed by atoms with van der Waals surface area (Å²) in [6.45, 7) is -0.874. The summed E-state index contributed by atoms with van der Waals surface area (Å²) in [4.78, 5) is 18.1. The molecular formula is C16H15ClN4O5S. The normalized spacial score (nSPS) is 14.2. The number of carbonyl (C=O) groups excluding carboxylic acids is 1. The minimum Gasteiger partial charge on any atom is -0.597 e. The molecule has 0 fully saturated rings. The maximum Gasteiger partial charge on any atom is 0.298 e. The van der Waals surface area contributed by atoms with E-state index in [0.29, 0.717) is 16.4 Å². The first-order chi connectivity index (χ1) is 12.8. The van der Waals surface area contributed by atoms with Gasteiger partial charge in [0, 0.05) is 5.02 Å². The molecule has 0 saturated heterocycles. The summed E-state index contributed by atoms with van der Waals surface area (Å²) < 4.78 is 27.2. The van der Waals surface area contributed by atoms with Crippen molar-refractivity contribution in [1.82, 2.24) is 0 Å². The molecule has 0 saturated carbocycles. The van der Waals surface area contributed by atoms with Crippen LogP contribution in [0.1, 0.15) is 0 Å². The van der Waals surface area contributed by atoms with E-state index >= 15 is 0 Å². The molecule has 0 aromatic heterocycles. The van der Waals surface area contributed by atoms with Crippen LogP contribution in [0, 0.1) is 5.21 Å². The molecule has 0 unspecified atom stereocenters. The number of benzene rings is 2. The van der Waals surface area contributed by atoms with Crippen molar-refractivity contribution in [2.45, 2.75) is 4.90 Å². The Balaban J connectivity index is 1.96. The summed E-state index contributed by atoms with van der Waals surface area (Å²) in [5.41, 5.74) is 0.716.